The molecule has 118 valence electrons. The zero-order chi connectivity index (χ0) is 15.0. The summed E-state index contributed by atoms with van der Waals surface area (Å²) in [4.78, 5) is 25.5. The molecule has 0 spiro atoms. The van der Waals surface area contributed by atoms with E-state index in [4.69, 9.17) is 9.47 Å². The van der Waals surface area contributed by atoms with E-state index in [-0.39, 0.29) is 25.6 Å². The first kappa shape index (κ1) is 19.4. The van der Waals surface area contributed by atoms with Gasteiger partial charge in [0.05, 0.1) is 13.2 Å². The summed E-state index contributed by atoms with van der Waals surface area (Å²) >= 11 is 0. The lowest BCUT2D eigenvalue weighted by molar-refractivity contribution is -0.163. The molecule has 0 amide bonds. The number of carbonyl (C=O) groups is 2. The lowest BCUT2D eigenvalue weighted by Gasteiger charge is -2.24. The fourth-order valence-electron chi connectivity index (χ4n) is 1.86. The van der Waals surface area contributed by atoms with Crippen molar-refractivity contribution in [2.24, 2.45) is 0 Å². The first-order chi connectivity index (χ1) is 9.60. The number of nitrogens with zero attached hydrogens (tertiary/aromatic N) is 1. The van der Waals surface area contributed by atoms with E-state index in [1.165, 1.54) is 0 Å². The second-order valence-corrected chi connectivity index (χ2v) is 4.31. The van der Waals surface area contributed by atoms with Crippen LogP contribution in [0.2, 0.25) is 0 Å². The Labute approximate surface area is 131 Å². The fraction of sp³-hybridized carbons (Fsp3) is 0.467. The molecule has 21 heavy (non-hydrogen) atoms. The maximum Gasteiger partial charge on any atom is 0.335 e. The van der Waals surface area contributed by atoms with Crippen LogP contribution in [0.5, 0.6) is 0 Å². The lowest BCUT2D eigenvalue weighted by atomic mass is 10.2. The largest absolute Gasteiger partial charge is 0.464 e. The molecule has 0 aliphatic carbocycles. The van der Waals surface area contributed by atoms with Crippen LogP contribution in [0, 0.1) is 0 Å². The standard InChI is InChI=1S/C15H21NO4.ClH/c1-4-19-14(17)13(15(18)20-5-2)16(3)11-12-9-7-6-8-10-12;/h6-10,13H,4-5,11H2,1-3H3;1H. The maximum atomic E-state index is 11.9. The summed E-state index contributed by atoms with van der Waals surface area (Å²) in [5, 5.41) is 0. The Kier molecular flexibility index (Phi) is 9.41. The summed E-state index contributed by atoms with van der Waals surface area (Å²) in [6.07, 6.45) is 0. The summed E-state index contributed by atoms with van der Waals surface area (Å²) in [5.41, 5.74) is 1.01. The zero-order valence-corrected chi connectivity index (χ0v) is 13.4. The van der Waals surface area contributed by atoms with Crippen LogP contribution in [0.4, 0.5) is 0 Å². The van der Waals surface area contributed by atoms with Gasteiger partial charge in [0.2, 0.25) is 6.04 Å². The number of carbonyl (C=O) groups excluding carboxylic acids is 2. The highest BCUT2D eigenvalue weighted by atomic mass is 35.5. The van der Waals surface area contributed by atoms with Crippen molar-refractivity contribution < 1.29 is 19.1 Å². The Morgan fingerprint density at radius 1 is 1.05 bits per heavy atom. The number of likely N-dealkylation sites (N-methyl/N-ethyl adjacent to an activating group) is 1. The van der Waals surface area contributed by atoms with Crippen LogP contribution in [-0.2, 0) is 25.6 Å². The van der Waals surface area contributed by atoms with Crippen molar-refractivity contribution in [2.45, 2.75) is 26.4 Å². The number of hydrogen-bond donors (Lipinski definition) is 0. The van der Waals surface area contributed by atoms with E-state index in [1.54, 1.807) is 25.8 Å². The van der Waals surface area contributed by atoms with Gasteiger partial charge in [0, 0.05) is 6.54 Å². The van der Waals surface area contributed by atoms with Gasteiger partial charge in [-0.15, -0.1) is 12.4 Å². The Bertz CT molecular complexity index is 421. The average Bonchev–Trinajstić information content (AvgIpc) is 2.40. The molecule has 0 aliphatic heterocycles. The molecule has 0 bridgehead atoms. The minimum atomic E-state index is -1.03. The summed E-state index contributed by atoms with van der Waals surface area (Å²) in [6.45, 7) is 4.33. The maximum absolute atomic E-state index is 11.9. The third-order valence-electron chi connectivity index (χ3n) is 2.74. The van der Waals surface area contributed by atoms with Gasteiger partial charge < -0.3 is 9.47 Å². The summed E-state index contributed by atoms with van der Waals surface area (Å²) in [5.74, 6) is -1.16. The van der Waals surface area contributed by atoms with E-state index >= 15 is 0 Å². The molecule has 5 nitrogen and oxygen atoms in total. The number of esters is 2. The van der Waals surface area contributed by atoms with Crippen LogP contribution in [0.3, 0.4) is 0 Å². The molecule has 0 aliphatic rings. The van der Waals surface area contributed by atoms with E-state index in [0.29, 0.717) is 6.54 Å². The molecular weight excluding hydrogens is 294 g/mol. The van der Waals surface area contributed by atoms with Crippen LogP contribution < -0.4 is 0 Å². The van der Waals surface area contributed by atoms with Gasteiger partial charge >= 0.3 is 11.9 Å². The molecule has 1 rings (SSSR count). The zero-order valence-electron chi connectivity index (χ0n) is 12.6. The molecule has 0 atom stereocenters. The van der Waals surface area contributed by atoms with Gasteiger partial charge in [-0.25, -0.2) is 9.59 Å². The minimum absolute atomic E-state index is 0. The third kappa shape index (κ3) is 6.14. The predicted octanol–water partition coefficient (Wildman–Crippen LogP) is 2.03. The molecule has 0 N–H and O–H groups in total. The van der Waals surface area contributed by atoms with Crippen LogP contribution in [0.25, 0.3) is 0 Å². The van der Waals surface area contributed by atoms with E-state index in [9.17, 15) is 9.59 Å². The van der Waals surface area contributed by atoms with E-state index in [2.05, 4.69) is 0 Å². The highest BCUT2D eigenvalue weighted by Crippen LogP contribution is 2.09. The van der Waals surface area contributed by atoms with Crippen LogP contribution >= 0.6 is 12.4 Å². The van der Waals surface area contributed by atoms with Crippen molar-refractivity contribution in [1.82, 2.24) is 4.90 Å². The molecule has 0 heterocycles. The number of ether oxygens (including phenoxy) is 2. The summed E-state index contributed by atoms with van der Waals surface area (Å²) in [6, 6.07) is 8.57. The van der Waals surface area contributed by atoms with E-state index < -0.39 is 18.0 Å². The summed E-state index contributed by atoms with van der Waals surface area (Å²) < 4.78 is 9.90. The fourth-order valence-corrected chi connectivity index (χ4v) is 1.86. The van der Waals surface area contributed by atoms with Crippen molar-refractivity contribution in [3.63, 3.8) is 0 Å². The van der Waals surface area contributed by atoms with Gasteiger partial charge in [-0.3, -0.25) is 4.90 Å². The first-order valence-corrected chi connectivity index (χ1v) is 6.67. The molecule has 0 radical (unpaired) electrons. The molecule has 0 fully saturated rings. The van der Waals surface area contributed by atoms with Gasteiger partial charge in [0.1, 0.15) is 0 Å². The van der Waals surface area contributed by atoms with Gasteiger partial charge in [-0.1, -0.05) is 30.3 Å². The average molecular weight is 316 g/mol. The molecule has 0 saturated heterocycles. The molecule has 0 aromatic heterocycles. The minimum Gasteiger partial charge on any atom is -0.464 e. The normalized spacial score (nSPS) is 10.1. The number of benzene rings is 1. The quantitative estimate of drug-likeness (QED) is 0.569. The predicted molar refractivity (Wildman–Crippen MR) is 82.2 cm³/mol. The monoisotopic (exact) mass is 315 g/mol. The molecule has 6 heteroatoms. The molecule has 1 aromatic carbocycles. The SMILES string of the molecule is CCOC(=O)C(C(=O)OCC)N(C)Cc1ccccc1.Cl. The Balaban J connectivity index is 0.00000400. The molecule has 1 aromatic rings. The van der Waals surface area contributed by atoms with E-state index in [1.807, 2.05) is 30.3 Å². The summed E-state index contributed by atoms with van der Waals surface area (Å²) in [7, 11) is 1.70. The molecule has 0 saturated carbocycles. The van der Waals surface area contributed by atoms with Gasteiger partial charge in [-0.2, -0.15) is 0 Å². The van der Waals surface area contributed by atoms with Gasteiger partial charge in [-0.05, 0) is 26.5 Å². The molecular formula is C15H22ClNO4. The highest BCUT2D eigenvalue weighted by Gasteiger charge is 2.33. The van der Waals surface area contributed by atoms with Crippen molar-refractivity contribution >= 4 is 24.3 Å². The smallest absolute Gasteiger partial charge is 0.335 e. The van der Waals surface area contributed by atoms with Crippen molar-refractivity contribution in [3.8, 4) is 0 Å². The second-order valence-electron chi connectivity index (χ2n) is 4.31. The van der Waals surface area contributed by atoms with Gasteiger partial charge in [0.15, 0.2) is 0 Å². The van der Waals surface area contributed by atoms with Crippen LogP contribution in [0.1, 0.15) is 19.4 Å². The Morgan fingerprint density at radius 3 is 1.95 bits per heavy atom. The van der Waals surface area contributed by atoms with E-state index in [0.717, 1.165) is 5.56 Å². The topological polar surface area (TPSA) is 55.8 Å². The van der Waals surface area contributed by atoms with Crippen LogP contribution in [-0.4, -0.2) is 43.1 Å². The first-order valence-electron chi connectivity index (χ1n) is 6.67. The third-order valence-corrected chi connectivity index (χ3v) is 2.74. The number of hydrogen-bond acceptors (Lipinski definition) is 5. The highest BCUT2D eigenvalue weighted by molar-refractivity contribution is 5.99. The second kappa shape index (κ2) is 10.2. The Morgan fingerprint density at radius 2 is 1.52 bits per heavy atom. The van der Waals surface area contributed by atoms with Crippen molar-refractivity contribution in [3.05, 3.63) is 35.9 Å². The van der Waals surface area contributed by atoms with Crippen LogP contribution in [0.15, 0.2) is 30.3 Å². The number of halogens is 1. The lowest BCUT2D eigenvalue weighted by Crippen LogP contribution is -2.46. The van der Waals surface area contributed by atoms with Crippen molar-refractivity contribution in [2.75, 3.05) is 20.3 Å². The van der Waals surface area contributed by atoms with Gasteiger partial charge in [0.25, 0.3) is 0 Å². The molecule has 0 unspecified atom stereocenters. The number of rotatable bonds is 7. The Hall–Kier alpha value is -1.59. The van der Waals surface area contributed by atoms with Crippen molar-refractivity contribution in [1.29, 1.82) is 0 Å².